The van der Waals surface area contributed by atoms with Gasteiger partial charge in [-0.3, -0.25) is 4.99 Å². The summed E-state index contributed by atoms with van der Waals surface area (Å²) in [6.45, 7) is 1.75. The second-order valence-electron chi connectivity index (χ2n) is 4.46. The summed E-state index contributed by atoms with van der Waals surface area (Å²) in [5, 5.41) is 0.583. The normalized spacial score (nSPS) is 11.9. The molecule has 0 radical (unpaired) electrons. The molecule has 0 aliphatic carbocycles. The van der Waals surface area contributed by atoms with Gasteiger partial charge in [0.2, 0.25) is 0 Å². The first-order valence-corrected chi connectivity index (χ1v) is 6.78. The SMILES string of the molecule is COc1ccc(/N=C/c2ccc(F)cc2/C=C(/C)Cl)cc1. The average molecular weight is 304 g/mol. The van der Waals surface area contributed by atoms with Gasteiger partial charge in [-0.2, -0.15) is 0 Å². The van der Waals surface area contributed by atoms with Gasteiger partial charge in [0.25, 0.3) is 0 Å². The molecule has 0 spiro atoms. The van der Waals surface area contributed by atoms with Crippen molar-refractivity contribution in [3.05, 3.63) is 64.4 Å². The van der Waals surface area contributed by atoms with E-state index in [0.29, 0.717) is 10.6 Å². The Hall–Kier alpha value is -2.13. The first kappa shape index (κ1) is 15.3. The quantitative estimate of drug-likeness (QED) is 0.713. The molecule has 0 amide bonds. The Balaban J connectivity index is 2.29. The molecular weight excluding hydrogens is 289 g/mol. The van der Waals surface area contributed by atoms with Crippen LogP contribution >= 0.6 is 11.6 Å². The van der Waals surface area contributed by atoms with Crippen molar-refractivity contribution in [2.75, 3.05) is 7.11 Å². The Morgan fingerprint density at radius 1 is 1.14 bits per heavy atom. The van der Waals surface area contributed by atoms with Crippen LogP contribution in [0.4, 0.5) is 10.1 Å². The highest BCUT2D eigenvalue weighted by atomic mass is 35.5. The number of halogens is 2. The molecular formula is C17H15ClFNO. The van der Waals surface area contributed by atoms with Gasteiger partial charge in [-0.25, -0.2) is 4.39 Å². The maximum atomic E-state index is 13.3. The highest BCUT2D eigenvalue weighted by Gasteiger charge is 2.01. The molecule has 0 aliphatic heterocycles. The van der Waals surface area contributed by atoms with E-state index in [1.54, 1.807) is 32.4 Å². The van der Waals surface area contributed by atoms with Crippen LogP contribution in [0.2, 0.25) is 0 Å². The summed E-state index contributed by atoms with van der Waals surface area (Å²) in [7, 11) is 1.61. The molecule has 0 aliphatic rings. The summed E-state index contributed by atoms with van der Waals surface area (Å²) in [6, 6.07) is 11.9. The van der Waals surface area contributed by atoms with Gasteiger partial charge in [-0.1, -0.05) is 11.6 Å². The van der Waals surface area contributed by atoms with Gasteiger partial charge in [-0.15, -0.1) is 0 Å². The zero-order valence-corrected chi connectivity index (χ0v) is 12.6. The molecule has 108 valence electrons. The fraction of sp³-hybridized carbons (Fsp3) is 0.118. The number of allylic oxidation sites excluding steroid dienone is 1. The molecule has 4 heteroatoms. The fourth-order valence-electron chi connectivity index (χ4n) is 1.81. The summed E-state index contributed by atoms with van der Waals surface area (Å²) in [4.78, 5) is 4.37. The smallest absolute Gasteiger partial charge is 0.123 e. The zero-order valence-electron chi connectivity index (χ0n) is 11.8. The maximum Gasteiger partial charge on any atom is 0.123 e. The lowest BCUT2D eigenvalue weighted by Crippen LogP contribution is -1.89. The standard InChI is InChI=1S/C17H15ClFNO/c1-12(18)9-14-10-15(19)4-3-13(14)11-20-16-5-7-17(21-2)8-6-16/h3-11H,1-2H3/b12-9-,20-11+. The van der Waals surface area contributed by atoms with Gasteiger partial charge >= 0.3 is 0 Å². The van der Waals surface area contributed by atoms with Crippen LogP contribution in [0.1, 0.15) is 18.1 Å². The highest BCUT2D eigenvalue weighted by molar-refractivity contribution is 6.31. The van der Waals surface area contributed by atoms with E-state index in [1.165, 1.54) is 12.1 Å². The number of hydrogen-bond acceptors (Lipinski definition) is 2. The van der Waals surface area contributed by atoms with Crippen molar-refractivity contribution in [2.24, 2.45) is 4.99 Å². The Labute approximate surface area is 128 Å². The van der Waals surface area contributed by atoms with Crippen molar-refractivity contribution < 1.29 is 9.13 Å². The molecule has 0 heterocycles. The van der Waals surface area contributed by atoms with E-state index in [1.807, 2.05) is 24.3 Å². The van der Waals surface area contributed by atoms with Gasteiger partial charge in [0.1, 0.15) is 11.6 Å². The topological polar surface area (TPSA) is 21.6 Å². The molecule has 0 unspecified atom stereocenters. The van der Waals surface area contributed by atoms with Crippen LogP contribution < -0.4 is 4.74 Å². The number of hydrogen-bond donors (Lipinski definition) is 0. The van der Waals surface area contributed by atoms with Crippen molar-refractivity contribution in [2.45, 2.75) is 6.92 Å². The Morgan fingerprint density at radius 3 is 2.48 bits per heavy atom. The van der Waals surface area contributed by atoms with E-state index in [-0.39, 0.29) is 5.82 Å². The molecule has 0 fully saturated rings. The van der Waals surface area contributed by atoms with Gasteiger partial charge in [0.05, 0.1) is 12.8 Å². The third-order valence-corrected chi connectivity index (χ3v) is 2.94. The van der Waals surface area contributed by atoms with Crippen molar-refractivity contribution in [1.29, 1.82) is 0 Å². The largest absolute Gasteiger partial charge is 0.497 e. The van der Waals surface area contributed by atoms with Crippen LogP contribution in [0.3, 0.4) is 0 Å². The van der Waals surface area contributed by atoms with Crippen LogP contribution in [0.25, 0.3) is 6.08 Å². The van der Waals surface area contributed by atoms with Crippen molar-refractivity contribution in [1.82, 2.24) is 0 Å². The number of rotatable bonds is 4. The fourth-order valence-corrected chi connectivity index (χ4v) is 1.93. The molecule has 0 bridgehead atoms. The molecule has 0 N–H and O–H groups in total. The first-order chi connectivity index (χ1) is 10.1. The Morgan fingerprint density at radius 2 is 1.86 bits per heavy atom. The number of aliphatic imine (C=N–C) groups is 1. The van der Waals surface area contributed by atoms with Crippen molar-refractivity contribution in [3.8, 4) is 5.75 Å². The molecule has 2 nitrogen and oxygen atoms in total. The molecule has 2 aromatic carbocycles. The van der Waals surface area contributed by atoms with Crippen LogP contribution in [0, 0.1) is 5.82 Å². The predicted octanol–water partition coefficient (Wildman–Crippen LogP) is 5.18. The number of methoxy groups -OCH3 is 1. The number of ether oxygens (including phenoxy) is 1. The third kappa shape index (κ3) is 4.43. The summed E-state index contributed by atoms with van der Waals surface area (Å²) >= 11 is 5.87. The van der Waals surface area contributed by atoms with E-state index < -0.39 is 0 Å². The molecule has 0 atom stereocenters. The first-order valence-electron chi connectivity index (χ1n) is 6.40. The maximum absolute atomic E-state index is 13.3. The predicted molar refractivity (Wildman–Crippen MR) is 86.2 cm³/mol. The highest BCUT2D eigenvalue weighted by Crippen LogP contribution is 2.19. The monoisotopic (exact) mass is 303 g/mol. The Bertz CT molecular complexity index is 674. The van der Waals surface area contributed by atoms with E-state index in [2.05, 4.69) is 4.99 Å². The summed E-state index contributed by atoms with van der Waals surface area (Å²) in [5.41, 5.74) is 2.28. The van der Waals surface area contributed by atoms with E-state index in [9.17, 15) is 4.39 Å². The van der Waals surface area contributed by atoms with E-state index >= 15 is 0 Å². The van der Waals surface area contributed by atoms with Gasteiger partial charge in [0.15, 0.2) is 0 Å². The lowest BCUT2D eigenvalue weighted by molar-refractivity contribution is 0.415. The van der Waals surface area contributed by atoms with Crippen LogP contribution in [0.15, 0.2) is 52.5 Å². The van der Waals surface area contributed by atoms with Crippen molar-refractivity contribution in [3.63, 3.8) is 0 Å². The van der Waals surface area contributed by atoms with Crippen LogP contribution in [-0.2, 0) is 0 Å². The lowest BCUT2D eigenvalue weighted by atomic mass is 10.1. The zero-order chi connectivity index (χ0) is 15.2. The number of benzene rings is 2. The molecule has 2 aromatic rings. The number of nitrogens with zero attached hydrogens (tertiary/aromatic N) is 1. The summed E-state index contributed by atoms with van der Waals surface area (Å²) in [6.07, 6.45) is 3.40. The molecule has 21 heavy (non-hydrogen) atoms. The minimum atomic E-state index is -0.305. The molecule has 2 rings (SSSR count). The third-order valence-electron chi connectivity index (χ3n) is 2.83. The molecule has 0 saturated heterocycles. The van der Waals surface area contributed by atoms with Gasteiger partial charge < -0.3 is 4.74 Å². The molecule has 0 saturated carbocycles. The van der Waals surface area contributed by atoms with Gasteiger partial charge in [-0.05, 0) is 61.0 Å². The second kappa shape index (κ2) is 7.04. The van der Waals surface area contributed by atoms with Crippen LogP contribution in [0.5, 0.6) is 5.75 Å². The Kier molecular flexibility index (Phi) is 5.12. The minimum Gasteiger partial charge on any atom is -0.497 e. The average Bonchev–Trinajstić information content (AvgIpc) is 2.46. The summed E-state index contributed by atoms with van der Waals surface area (Å²) in [5.74, 6) is 0.470. The van der Waals surface area contributed by atoms with Crippen LogP contribution in [-0.4, -0.2) is 13.3 Å². The van der Waals surface area contributed by atoms with Crippen molar-refractivity contribution >= 4 is 29.6 Å². The van der Waals surface area contributed by atoms with E-state index in [0.717, 1.165) is 17.0 Å². The summed E-state index contributed by atoms with van der Waals surface area (Å²) < 4.78 is 18.4. The molecule has 0 aromatic heterocycles. The lowest BCUT2D eigenvalue weighted by Gasteiger charge is -2.02. The van der Waals surface area contributed by atoms with Gasteiger partial charge in [0, 0.05) is 16.8 Å². The minimum absolute atomic E-state index is 0.305. The second-order valence-corrected chi connectivity index (χ2v) is 5.06. The van der Waals surface area contributed by atoms with E-state index in [4.69, 9.17) is 16.3 Å².